The molecule has 1 aromatic carbocycles. The summed E-state index contributed by atoms with van der Waals surface area (Å²) in [6.07, 6.45) is 8.11. The van der Waals surface area contributed by atoms with E-state index >= 15 is 0 Å². The van der Waals surface area contributed by atoms with Gasteiger partial charge in [0.2, 0.25) is 0 Å². The number of halogens is 1. The van der Waals surface area contributed by atoms with Gasteiger partial charge in [-0.25, -0.2) is 4.39 Å². The Hall–Kier alpha value is -2.10. The zero-order chi connectivity index (χ0) is 16.5. The van der Waals surface area contributed by atoms with E-state index in [2.05, 4.69) is 4.90 Å². The molecule has 2 fully saturated rings. The third-order valence-electron chi connectivity index (χ3n) is 5.09. The molecule has 0 N–H and O–H groups in total. The van der Waals surface area contributed by atoms with Gasteiger partial charge in [-0.05, 0) is 62.1 Å². The molecule has 2 aliphatic carbocycles. The Labute approximate surface area is 141 Å². The molecule has 2 saturated carbocycles. The van der Waals surface area contributed by atoms with Gasteiger partial charge in [0, 0.05) is 17.6 Å². The molecule has 24 heavy (non-hydrogen) atoms. The molecular formula is C20H22FNO2. The number of amides is 1. The van der Waals surface area contributed by atoms with Crippen molar-refractivity contribution < 1.29 is 13.6 Å². The minimum absolute atomic E-state index is 0.0118. The van der Waals surface area contributed by atoms with Crippen molar-refractivity contribution in [2.24, 2.45) is 0 Å². The van der Waals surface area contributed by atoms with Gasteiger partial charge in [0.1, 0.15) is 11.6 Å². The molecule has 126 valence electrons. The number of carbonyl (C=O) groups is 1. The molecule has 1 amide bonds. The van der Waals surface area contributed by atoms with Crippen LogP contribution in [0.2, 0.25) is 0 Å². The van der Waals surface area contributed by atoms with Crippen molar-refractivity contribution in [3.8, 4) is 11.3 Å². The third-order valence-corrected chi connectivity index (χ3v) is 5.09. The van der Waals surface area contributed by atoms with E-state index < -0.39 is 0 Å². The van der Waals surface area contributed by atoms with Crippen LogP contribution in [0.4, 0.5) is 4.39 Å². The highest BCUT2D eigenvalue weighted by atomic mass is 19.1. The number of carbonyl (C=O) groups excluding carboxylic acids is 1. The maximum absolute atomic E-state index is 13.1. The van der Waals surface area contributed by atoms with Gasteiger partial charge >= 0.3 is 0 Å². The fraction of sp³-hybridized carbons (Fsp3) is 0.450. The molecule has 2 aliphatic rings. The Kier molecular flexibility index (Phi) is 4.13. The molecule has 1 aromatic heterocycles. The van der Waals surface area contributed by atoms with Crippen molar-refractivity contribution >= 4 is 5.91 Å². The van der Waals surface area contributed by atoms with Gasteiger partial charge in [0.15, 0.2) is 5.76 Å². The molecule has 4 heteroatoms. The van der Waals surface area contributed by atoms with E-state index in [0.717, 1.165) is 31.2 Å². The van der Waals surface area contributed by atoms with E-state index in [9.17, 15) is 9.18 Å². The lowest BCUT2D eigenvalue weighted by molar-refractivity contribution is 0.0582. The molecule has 0 radical (unpaired) electrons. The first-order valence-electron chi connectivity index (χ1n) is 8.91. The van der Waals surface area contributed by atoms with E-state index in [4.69, 9.17) is 4.42 Å². The molecule has 4 rings (SSSR count). The molecule has 0 atom stereocenters. The van der Waals surface area contributed by atoms with Crippen molar-refractivity contribution in [3.05, 3.63) is 48.0 Å². The average molecular weight is 327 g/mol. The van der Waals surface area contributed by atoms with Crippen LogP contribution in [-0.4, -0.2) is 22.9 Å². The van der Waals surface area contributed by atoms with Crippen LogP contribution >= 0.6 is 0 Å². The summed E-state index contributed by atoms with van der Waals surface area (Å²) < 4.78 is 18.9. The predicted molar refractivity (Wildman–Crippen MR) is 90.2 cm³/mol. The van der Waals surface area contributed by atoms with E-state index in [1.54, 1.807) is 24.3 Å². The SMILES string of the molecule is O=C(c1ccc(-c2ccc(F)cc2)o1)N(C1CCCCC1)C1CC1. The maximum atomic E-state index is 13.1. The Balaban J connectivity index is 1.55. The minimum Gasteiger partial charge on any atom is -0.451 e. The normalized spacial score (nSPS) is 18.5. The molecule has 1 heterocycles. The Morgan fingerprint density at radius 3 is 2.25 bits per heavy atom. The monoisotopic (exact) mass is 327 g/mol. The summed E-state index contributed by atoms with van der Waals surface area (Å²) in [5.41, 5.74) is 0.783. The second-order valence-corrected chi connectivity index (χ2v) is 6.91. The smallest absolute Gasteiger partial charge is 0.290 e. The van der Waals surface area contributed by atoms with Crippen LogP contribution in [0, 0.1) is 5.82 Å². The van der Waals surface area contributed by atoms with Crippen LogP contribution in [0.25, 0.3) is 11.3 Å². The highest BCUT2D eigenvalue weighted by molar-refractivity contribution is 5.92. The van der Waals surface area contributed by atoms with Crippen molar-refractivity contribution in [2.45, 2.75) is 57.0 Å². The van der Waals surface area contributed by atoms with E-state index in [-0.39, 0.29) is 11.7 Å². The first-order chi connectivity index (χ1) is 11.7. The summed E-state index contributed by atoms with van der Waals surface area (Å²) in [6.45, 7) is 0. The fourth-order valence-corrected chi connectivity index (χ4v) is 3.69. The first-order valence-corrected chi connectivity index (χ1v) is 8.91. The molecule has 2 aromatic rings. The Morgan fingerprint density at radius 1 is 0.917 bits per heavy atom. The predicted octanol–water partition coefficient (Wildman–Crippen LogP) is 5.02. The molecule has 0 aliphatic heterocycles. The van der Waals surface area contributed by atoms with Gasteiger partial charge in [-0.15, -0.1) is 0 Å². The van der Waals surface area contributed by atoms with Crippen LogP contribution < -0.4 is 0 Å². The fourth-order valence-electron chi connectivity index (χ4n) is 3.69. The molecule has 0 saturated heterocycles. The maximum Gasteiger partial charge on any atom is 0.290 e. The third kappa shape index (κ3) is 3.10. The zero-order valence-corrected chi connectivity index (χ0v) is 13.7. The summed E-state index contributed by atoms with van der Waals surface area (Å²) >= 11 is 0. The first kappa shape index (κ1) is 15.4. The van der Waals surface area contributed by atoms with Crippen LogP contribution in [0.5, 0.6) is 0 Å². The summed E-state index contributed by atoms with van der Waals surface area (Å²) in [4.78, 5) is 15.1. The average Bonchev–Trinajstić information content (AvgIpc) is 3.31. The van der Waals surface area contributed by atoms with Gasteiger partial charge in [-0.3, -0.25) is 4.79 Å². The molecule has 0 spiro atoms. The lowest BCUT2D eigenvalue weighted by atomic mass is 9.94. The molecule has 0 bridgehead atoms. The Morgan fingerprint density at radius 2 is 1.58 bits per heavy atom. The number of nitrogens with zero attached hydrogens (tertiary/aromatic N) is 1. The molecule has 3 nitrogen and oxygen atoms in total. The topological polar surface area (TPSA) is 33.5 Å². The lowest BCUT2D eigenvalue weighted by Crippen LogP contribution is -2.42. The van der Waals surface area contributed by atoms with E-state index in [0.29, 0.717) is 23.6 Å². The minimum atomic E-state index is -0.279. The van der Waals surface area contributed by atoms with Crippen LogP contribution in [0.15, 0.2) is 40.8 Å². The number of furan rings is 1. The quantitative estimate of drug-likeness (QED) is 0.790. The second-order valence-electron chi connectivity index (χ2n) is 6.91. The van der Waals surface area contributed by atoms with Gasteiger partial charge < -0.3 is 9.32 Å². The lowest BCUT2D eigenvalue weighted by Gasteiger charge is -2.34. The second kappa shape index (κ2) is 6.42. The summed E-state index contributed by atoms with van der Waals surface area (Å²) in [6, 6.07) is 10.4. The summed E-state index contributed by atoms with van der Waals surface area (Å²) in [7, 11) is 0. The van der Waals surface area contributed by atoms with E-state index in [1.807, 2.05) is 0 Å². The van der Waals surface area contributed by atoms with Gasteiger partial charge in [-0.1, -0.05) is 19.3 Å². The molecular weight excluding hydrogens is 305 g/mol. The number of rotatable bonds is 4. The van der Waals surface area contributed by atoms with Crippen LogP contribution in [-0.2, 0) is 0 Å². The largest absolute Gasteiger partial charge is 0.451 e. The van der Waals surface area contributed by atoms with Gasteiger partial charge in [0.25, 0.3) is 5.91 Å². The van der Waals surface area contributed by atoms with Crippen LogP contribution in [0.3, 0.4) is 0 Å². The summed E-state index contributed by atoms with van der Waals surface area (Å²) in [5, 5.41) is 0. The number of benzene rings is 1. The van der Waals surface area contributed by atoms with Crippen molar-refractivity contribution in [2.75, 3.05) is 0 Å². The highest BCUT2D eigenvalue weighted by Crippen LogP contribution is 2.35. The van der Waals surface area contributed by atoms with Gasteiger partial charge in [0.05, 0.1) is 0 Å². The zero-order valence-electron chi connectivity index (χ0n) is 13.7. The van der Waals surface area contributed by atoms with Crippen molar-refractivity contribution in [3.63, 3.8) is 0 Å². The number of hydrogen-bond donors (Lipinski definition) is 0. The molecule has 0 unspecified atom stereocenters. The highest BCUT2D eigenvalue weighted by Gasteiger charge is 2.39. The van der Waals surface area contributed by atoms with Gasteiger partial charge in [-0.2, -0.15) is 0 Å². The van der Waals surface area contributed by atoms with E-state index in [1.165, 1.54) is 31.4 Å². The Bertz CT molecular complexity index is 711. The van der Waals surface area contributed by atoms with Crippen molar-refractivity contribution in [1.82, 2.24) is 4.90 Å². The standard InChI is InChI=1S/C20H22FNO2/c21-15-8-6-14(7-9-15)18-12-13-19(24-18)20(23)22(17-10-11-17)16-4-2-1-3-5-16/h6-9,12-13,16-17H,1-5,10-11H2. The van der Waals surface area contributed by atoms with Crippen LogP contribution in [0.1, 0.15) is 55.5 Å². The summed E-state index contributed by atoms with van der Waals surface area (Å²) in [5.74, 6) is 0.737. The number of hydrogen-bond acceptors (Lipinski definition) is 2. The van der Waals surface area contributed by atoms with Crippen molar-refractivity contribution in [1.29, 1.82) is 0 Å².